The summed E-state index contributed by atoms with van der Waals surface area (Å²) in [6.07, 6.45) is 1.70. The van der Waals surface area contributed by atoms with Crippen molar-refractivity contribution in [3.05, 3.63) is 40.7 Å². The number of allylic oxidation sites excluding steroid dienone is 1. The van der Waals surface area contributed by atoms with Gasteiger partial charge < -0.3 is 0 Å². The Morgan fingerprint density at radius 3 is 2.42 bits per heavy atom. The van der Waals surface area contributed by atoms with Crippen LogP contribution in [0.15, 0.2) is 29.3 Å². The Bertz CT molecular complexity index is 277. The van der Waals surface area contributed by atoms with E-state index in [1.165, 1.54) is 12.1 Å². The SMILES string of the molecule is Fc1ccc(/C=C(\Cl)CCl)cc1. The maximum Gasteiger partial charge on any atom is 0.123 e. The second kappa shape index (κ2) is 4.48. The van der Waals surface area contributed by atoms with Crippen molar-refractivity contribution in [2.45, 2.75) is 0 Å². The van der Waals surface area contributed by atoms with Crippen LogP contribution >= 0.6 is 23.2 Å². The van der Waals surface area contributed by atoms with Crippen LogP contribution in [0.5, 0.6) is 0 Å². The molecule has 64 valence electrons. The standard InChI is InChI=1S/C9H7Cl2F/c10-6-8(11)5-7-1-3-9(12)4-2-7/h1-5H,6H2/b8-5-. The van der Waals surface area contributed by atoms with Crippen molar-refractivity contribution in [1.82, 2.24) is 0 Å². The average Bonchev–Trinajstić information content (AvgIpc) is 2.09. The van der Waals surface area contributed by atoms with Crippen LogP contribution in [0, 0.1) is 5.82 Å². The Kier molecular flexibility index (Phi) is 3.57. The molecule has 12 heavy (non-hydrogen) atoms. The van der Waals surface area contributed by atoms with Crippen LogP contribution in [0.1, 0.15) is 5.56 Å². The Hall–Kier alpha value is -0.530. The molecule has 0 saturated heterocycles. The summed E-state index contributed by atoms with van der Waals surface area (Å²) < 4.78 is 12.4. The van der Waals surface area contributed by atoms with Gasteiger partial charge in [-0.05, 0) is 23.8 Å². The van der Waals surface area contributed by atoms with E-state index >= 15 is 0 Å². The molecule has 0 radical (unpaired) electrons. The molecule has 0 aromatic heterocycles. The Balaban J connectivity index is 2.84. The van der Waals surface area contributed by atoms with Gasteiger partial charge in [0.2, 0.25) is 0 Å². The van der Waals surface area contributed by atoms with Gasteiger partial charge in [0.25, 0.3) is 0 Å². The van der Waals surface area contributed by atoms with Crippen LogP contribution in [-0.2, 0) is 0 Å². The fraction of sp³-hybridized carbons (Fsp3) is 0.111. The molecule has 0 N–H and O–H groups in total. The highest BCUT2D eigenvalue weighted by atomic mass is 35.5. The zero-order valence-corrected chi connectivity index (χ0v) is 7.74. The van der Waals surface area contributed by atoms with Crippen molar-refractivity contribution in [3.63, 3.8) is 0 Å². The first kappa shape index (κ1) is 9.56. The van der Waals surface area contributed by atoms with Gasteiger partial charge in [0, 0.05) is 5.03 Å². The lowest BCUT2D eigenvalue weighted by molar-refractivity contribution is 0.628. The molecule has 0 atom stereocenters. The highest BCUT2D eigenvalue weighted by Crippen LogP contribution is 2.11. The number of alkyl halides is 1. The van der Waals surface area contributed by atoms with Gasteiger partial charge in [-0.3, -0.25) is 0 Å². The van der Waals surface area contributed by atoms with Gasteiger partial charge in [-0.2, -0.15) is 0 Å². The number of hydrogen-bond donors (Lipinski definition) is 0. The van der Waals surface area contributed by atoms with Crippen LogP contribution in [0.4, 0.5) is 4.39 Å². The van der Waals surface area contributed by atoms with Gasteiger partial charge in [0.05, 0.1) is 5.88 Å². The number of benzene rings is 1. The van der Waals surface area contributed by atoms with Crippen LogP contribution in [0.2, 0.25) is 0 Å². The monoisotopic (exact) mass is 204 g/mol. The van der Waals surface area contributed by atoms with Crippen molar-refractivity contribution in [2.24, 2.45) is 0 Å². The number of halogens is 3. The minimum absolute atomic E-state index is 0.255. The summed E-state index contributed by atoms with van der Waals surface area (Å²) in [5.41, 5.74) is 0.849. The molecule has 0 aliphatic rings. The second-order valence-corrected chi connectivity index (χ2v) is 3.03. The molecule has 0 amide bonds. The lowest BCUT2D eigenvalue weighted by Gasteiger charge is -1.93. The largest absolute Gasteiger partial charge is 0.207 e. The van der Waals surface area contributed by atoms with E-state index in [2.05, 4.69) is 0 Å². The Morgan fingerprint density at radius 2 is 1.92 bits per heavy atom. The third-order valence-corrected chi connectivity index (χ3v) is 1.99. The normalized spacial score (nSPS) is 11.8. The molecule has 1 aromatic carbocycles. The highest BCUT2D eigenvalue weighted by Gasteiger charge is 1.92. The van der Waals surface area contributed by atoms with Crippen molar-refractivity contribution in [3.8, 4) is 0 Å². The van der Waals surface area contributed by atoms with E-state index in [4.69, 9.17) is 23.2 Å². The second-order valence-electron chi connectivity index (χ2n) is 2.28. The molecular formula is C9H7Cl2F. The zero-order chi connectivity index (χ0) is 8.97. The van der Waals surface area contributed by atoms with Crippen molar-refractivity contribution >= 4 is 29.3 Å². The fourth-order valence-corrected chi connectivity index (χ4v) is 0.982. The molecule has 0 bridgehead atoms. The minimum Gasteiger partial charge on any atom is -0.207 e. The van der Waals surface area contributed by atoms with Gasteiger partial charge in [-0.25, -0.2) is 4.39 Å². The maximum atomic E-state index is 12.4. The summed E-state index contributed by atoms with van der Waals surface area (Å²) in [6.45, 7) is 0. The highest BCUT2D eigenvalue weighted by molar-refractivity contribution is 6.37. The van der Waals surface area contributed by atoms with E-state index in [1.807, 2.05) is 0 Å². The van der Waals surface area contributed by atoms with Gasteiger partial charge in [-0.15, -0.1) is 11.6 Å². The van der Waals surface area contributed by atoms with Gasteiger partial charge in [-0.1, -0.05) is 23.7 Å². The molecule has 0 unspecified atom stereocenters. The van der Waals surface area contributed by atoms with Gasteiger partial charge in [0.1, 0.15) is 5.82 Å². The van der Waals surface area contributed by atoms with E-state index in [0.717, 1.165) is 5.56 Å². The van der Waals surface area contributed by atoms with E-state index in [1.54, 1.807) is 18.2 Å². The van der Waals surface area contributed by atoms with Crippen LogP contribution in [-0.4, -0.2) is 5.88 Å². The summed E-state index contributed by atoms with van der Waals surface area (Å²) in [4.78, 5) is 0. The molecule has 0 heterocycles. The molecule has 1 aromatic rings. The lowest BCUT2D eigenvalue weighted by Crippen LogP contribution is -1.77. The third-order valence-electron chi connectivity index (χ3n) is 1.32. The molecular weight excluding hydrogens is 198 g/mol. The van der Waals surface area contributed by atoms with E-state index in [-0.39, 0.29) is 11.7 Å². The molecule has 0 nitrogen and oxygen atoms in total. The van der Waals surface area contributed by atoms with Crippen molar-refractivity contribution < 1.29 is 4.39 Å². The Morgan fingerprint density at radius 1 is 1.33 bits per heavy atom. The Labute approximate surface area is 80.6 Å². The van der Waals surface area contributed by atoms with Gasteiger partial charge in [0.15, 0.2) is 0 Å². The third kappa shape index (κ3) is 2.84. The summed E-state index contributed by atoms with van der Waals surface area (Å²) in [7, 11) is 0. The van der Waals surface area contributed by atoms with E-state index < -0.39 is 0 Å². The molecule has 1 rings (SSSR count). The first-order valence-electron chi connectivity index (χ1n) is 3.40. The lowest BCUT2D eigenvalue weighted by atomic mass is 10.2. The summed E-state index contributed by atoms with van der Waals surface area (Å²) in [6, 6.07) is 6.04. The average molecular weight is 205 g/mol. The summed E-state index contributed by atoms with van der Waals surface area (Å²) in [5, 5.41) is 0.545. The number of hydrogen-bond acceptors (Lipinski definition) is 0. The van der Waals surface area contributed by atoms with Crippen LogP contribution < -0.4 is 0 Å². The van der Waals surface area contributed by atoms with E-state index in [0.29, 0.717) is 5.03 Å². The minimum atomic E-state index is -0.255. The summed E-state index contributed by atoms with van der Waals surface area (Å²) >= 11 is 11.1. The molecule has 0 saturated carbocycles. The van der Waals surface area contributed by atoms with Gasteiger partial charge >= 0.3 is 0 Å². The summed E-state index contributed by atoms with van der Waals surface area (Å²) in [5.74, 6) is 0.0213. The molecule has 0 aliphatic heterocycles. The van der Waals surface area contributed by atoms with Crippen molar-refractivity contribution in [1.29, 1.82) is 0 Å². The van der Waals surface area contributed by atoms with Crippen LogP contribution in [0.25, 0.3) is 6.08 Å². The smallest absolute Gasteiger partial charge is 0.123 e. The quantitative estimate of drug-likeness (QED) is 0.646. The van der Waals surface area contributed by atoms with E-state index in [9.17, 15) is 4.39 Å². The molecule has 0 fully saturated rings. The fourth-order valence-electron chi connectivity index (χ4n) is 0.778. The first-order chi connectivity index (χ1) is 5.72. The predicted molar refractivity (Wildman–Crippen MR) is 51.0 cm³/mol. The number of rotatable bonds is 2. The van der Waals surface area contributed by atoms with Crippen LogP contribution in [0.3, 0.4) is 0 Å². The topological polar surface area (TPSA) is 0 Å². The zero-order valence-electron chi connectivity index (χ0n) is 6.23. The van der Waals surface area contributed by atoms with Crippen molar-refractivity contribution in [2.75, 3.05) is 5.88 Å². The maximum absolute atomic E-state index is 12.4. The molecule has 0 spiro atoms. The predicted octanol–water partition coefficient (Wildman–Crippen LogP) is 3.64. The first-order valence-corrected chi connectivity index (χ1v) is 4.31. The molecule has 3 heteroatoms. The molecule has 0 aliphatic carbocycles.